The minimum Gasteiger partial charge on any atom is -0.481 e. The Morgan fingerprint density at radius 3 is 1.50 bits per heavy atom. The molecule has 10 nitrogen and oxygen atoms in total. The van der Waals surface area contributed by atoms with Crippen LogP contribution in [0.25, 0.3) is 0 Å². The van der Waals surface area contributed by atoms with E-state index in [1.165, 1.54) is 38.5 Å². The molecular weight excluding hydrogens is 441 g/mol. The van der Waals surface area contributed by atoms with Crippen molar-refractivity contribution in [2.75, 3.05) is 6.61 Å². The van der Waals surface area contributed by atoms with Crippen LogP contribution in [0, 0.1) is 0 Å². The Balaban J connectivity index is -0.000000379. The van der Waals surface area contributed by atoms with Gasteiger partial charge in [-0.1, -0.05) is 51.9 Å². The summed E-state index contributed by atoms with van der Waals surface area (Å²) in [5, 5.41) is 41.2. The molecule has 0 aliphatic rings. The summed E-state index contributed by atoms with van der Waals surface area (Å²) in [7, 11) is -5.84. The van der Waals surface area contributed by atoms with Crippen LogP contribution in [0.4, 0.5) is 13.2 Å². The first-order valence-electron chi connectivity index (χ1n) is 9.07. The summed E-state index contributed by atoms with van der Waals surface area (Å²) in [5.41, 5.74) is -5.53. The van der Waals surface area contributed by atoms with Crippen LogP contribution >= 0.6 is 0 Å². The normalized spacial score (nSPS) is 13.2. The van der Waals surface area contributed by atoms with Gasteiger partial charge in [0.25, 0.3) is 0 Å². The Morgan fingerprint density at radius 2 is 1.27 bits per heavy atom. The van der Waals surface area contributed by atoms with Crippen LogP contribution in [0.15, 0.2) is 0 Å². The second kappa shape index (κ2) is 18.3. The molecule has 0 aromatic carbocycles. The predicted molar refractivity (Wildman–Crippen MR) is 99.2 cm³/mol. The molecule has 0 bridgehead atoms. The maximum absolute atomic E-state index is 10.7. The molecule has 182 valence electrons. The van der Waals surface area contributed by atoms with Crippen molar-refractivity contribution in [2.45, 2.75) is 82.4 Å². The van der Waals surface area contributed by atoms with Gasteiger partial charge in [-0.05, 0) is 6.42 Å². The third-order valence-corrected chi connectivity index (χ3v) is 3.93. The van der Waals surface area contributed by atoms with Crippen molar-refractivity contribution in [1.29, 1.82) is 0 Å². The van der Waals surface area contributed by atoms with Gasteiger partial charge in [0, 0.05) is 6.42 Å². The van der Waals surface area contributed by atoms with E-state index in [9.17, 15) is 22.8 Å². The first-order valence-corrected chi connectivity index (χ1v) is 10.5. The summed E-state index contributed by atoms with van der Waals surface area (Å²) in [4.78, 5) is 20.0. The summed E-state index contributed by atoms with van der Waals surface area (Å²) in [5.74, 6) is -2.21. The lowest BCUT2D eigenvalue weighted by atomic mass is 10.1. The number of aliphatic hydroxyl groups excluding tert-OH is 3. The van der Waals surface area contributed by atoms with Gasteiger partial charge in [0.2, 0.25) is 0 Å². The number of halogens is 3. The van der Waals surface area contributed by atoms with Crippen LogP contribution in [-0.4, -0.2) is 74.8 Å². The van der Waals surface area contributed by atoms with Crippen molar-refractivity contribution >= 4 is 22.1 Å². The number of unbranched alkanes of at least 4 members (excludes halogenated alkanes) is 7. The van der Waals surface area contributed by atoms with E-state index in [1.54, 1.807) is 0 Å². The van der Waals surface area contributed by atoms with Crippen LogP contribution in [0.3, 0.4) is 0 Å². The zero-order valence-electron chi connectivity index (χ0n) is 16.6. The second-order valence-electron chi connectivity index (χ2n) is 6.07. The van der Waals surface area contributed by atoms with E-state index in [0.717, 1.165) is 12.8 Å². The molecular formula is C16H31F3O10S. The summed E-state index contributed by atoms with van der Waals surface area (Å²) < 4.78 is 57.5. The van der Waals surface area contributed by atoms with E-state index in [0.29, 0.717) is 6.42 Å². The van der Waals surface area contributed by atoms with Crippen molar-refractivity contribution in [3.63, 3.8) is 0 Å². The number of carboxylic acids is 2. The molecule has 30 heavy (non-hydrogen) atoms. The Bertz CT molecular complexity index is 552. The molecule has 2 atom stereocenters. The lowest BCUT2D eigenvalue weighted by molar-refractivity contribution is -0.154. The molecule has 0 heterocycles. The second-order valence-corrected chi connectivity index (χ2v) is 7.49. The highest BCUT2D eigenvalue weighted by Crippen LogP contribution is 2.20. The Morgan fingerprint density at radius 1 is 0.900 bits per heavy atom. The Labute approximate surface area is 173 Å². The highest BCUT2D eigenvalue weighted by Gasteiger charge is 2.44. The number of hydrogen-bond acceptors (Lipinski definition) is 7. The van der Waals surface area contributed by atoms with Crippen LogP contribution < -0.4 is 0 Å². The first kappa shape index (κ1) is 33.2. The molecule has 0 aromatic heterocycles. The molecule has 0 aliphatic heterocycles. The van der Waals surface area contributed by atoms with Crippen molar-refractivity contribution in [3.05, 3.63) is 0 Å². The standard InChI is InChI=1S/C11H22O2.C4H8O5.CHF3O3S/c1-2-3-4-5-6-7-8-9-10-11(12)13;5-1-2(6)3(7)4(8)9;2-1(3,4)8(5,6)7/h2-10H2,1H3,(H,12,13);2-3,5-7H,1H2,(H,8,9);(H,5,6,7)/t;2-,3+;/m.0./s1. The van der Waals surface area contributed by atoms with Crippen LogP contribution in [0.1, 0.15) is 64.7 Å². The van der Waals surface area contributed by atoms with E-state index >= 15 is 0 Å². The fourth-order valence-corrected chi connectivity index (χ4v) is 1.67. The van der Waals surface area contributed by atoms with Crippen molar-refractivity contribution < 1.29 is 61.3 Å². The van der Waals surface area contributed by atoms with E-state index in [-0.39, 0.29) is 0 Å². The molecule has 0 aromatic rings. The topological polar surface area (TPSA) is 190 Å². The van der Waals surface area contributed by atoms with Crippen LogP contribution in [0.2, 0.25) is 0 Å². The number of hydrogen-bond donors (Lipinski definition) is 6. The molecule has 0 saturated carbocycles. The van der Waals surface area contributed by atoms with Crippen LogP contribution in [0.5, 0.6) is 0 Å². The van der Waals surface area contributed by atoms with E-state index in [1.807, 2.05) is 0 Å². The number of carboxylic acid groups (broad SMARTS) is 2. The average molecular weight is 472 g/mol. The number of carbonyl (C=O) groups is 2. The van der Waals surface area contributed by atoms with Gasteiger partial charge in [-0.15, -0.1) is 0 Å². The van der Waals surface area contributed by atoms with Gasteiger partial charge < -0.3 is 25.5 Å². The average Bonchev–Trinajstić information content (AvgIpc) is 2.61. The Hall–Kier alpha value is -1.48. The number of rotatable bonds is 12. The van der Waals surface area contributed by atoms with Gasteiger partial charge in [0.1, 0.15) is 6.10 Å². The molecule has 0 aliphatic carbocycles. The maximum Gasteiger partial charge on any atom is 0.522 e. The molecule has 14 heteroatoms. The number of aliphatic hydroxyl groups is 3. The van der Waals surface area contributed by atoms with E-state index in [4.69, 9.17) is 38.5 Å². The third-order valence-electron chi connectivity index (χ3n) is 3.34. The van der Waals surface area contributed by atoms with E-state index < -0.39 is 46.4 Å². The van der Waals surface area contributed by atoms with Crippen molar-refractivity contribution in [1.82, 2.24) is 0 Å². The molecule has 0 radical (unpaired) electrons. The lowest BCUT2D eigenvalue weighted by Gasteiger charge is -2.09. The molecule has 0 fully saturated rings. The zero-order chi connectivity index (χ0) is 24.4. The van der Waals surface area contributed by atoms with Crippen molar-refractivity contribution in [3.8, 4) is 0 Å². The minimum atomic E-state index is -5.84. The highest BCUT2D eigenvalue weighted by molar-refractivity contribution is 7.86. The van der Waals surface area contributed by atoms with Gasteiger partial charge in [-0.2, -0.15) is 21.6 Å². The van der Waals surface area contributed by atoms with Gasteiger partial charge in [-0.3, -0.25) is 9.35 Å². The number of aliphatic carboxylic acids is 2. The van der Waals surface area contributed by atoms with Crippen molar-refractivity contribution in [2.24, 2.45) is 0 Å². The first-order chi connectivity index (χ1) is 13.6. The third kappa shape index (κ3) is 22.8. The summed E-state index contributed by atoms with van der Waals surface area (Å²) >= 11 is 0. The molecule has 0 spiro atoms. The molecule has 0 rings (SSSR count). The SMILES string of the molecule is CCCCCCCCCCC(=O)O.O=C(O)[C@H](O)[C@@H](O)CO.O=S(=O)(O)C(F)(F)F. The van der Waals surface area contributed by atoms with Gasteiger partial charge >= 0.3 is 27.6 Å². The smallest absolute Gasteiger partial charge is 0.481 e. The summed E-state index contributed by atoms with van der Waals surface area (Å²) in [6.07, 6.45) is 6.56. The van der Waals surface area contributed by atoms with Gasteiger partial charge in [0.05, 0.1) is 6.61 Å². The Kier molecular flexibility index (Phi) is 20.2. The summed E-state index contributed by atoms with van der Waals surface area (Å²) in [6, 6.07) is 0. The van der Waals surface area contributed by atoms with Crippen LogP contribution in [-0.2, 0) is 19.7 Å². The monoisotopic (exact) mass is 472 g/mol. The molecule has 0 unspecified atom stereocenters. The zero-order valence-corrected chi connectivity index (χ0v) is 17.4. The fourth-order valence-electron chi connectivity index (χ4n) is 1.67. The minimum absolute atomic E-state index is 0.342. The summed E-state index contributed by atoms with van der Waals surface area (Å²) in [6.45, 7) is 1.46. The largest absolute Gasteiger partial charge is 0.522 e. The molecule has 6 N–H and O–H groups in total. The van der Waals surface area contributed by atoms with E-state index in [2.05, 4.69) is 6.92 Å². The molecule has 0 saturated heterocycles. The quantitative estimate of drug-likeness (QED) is 0.139. The van der Waals surface area contributed by atoms with Gasteiger partial charge in [0.15, 0.2) is 6.10 Å². The molecule has 0 amide bonds. The fraction of sp³-hybridized carbons (Fsp3) is 0.875. The highest BCUT2D eigenvalue weighted by atomic mass is 32.2. The predicted octanol–water partition coefficient (Wildman–Crippen LogP) is 1.78. The number of alkyl halides is 3. The lowest BCUT2D eigenvalue weighted by Crippen LogP contribution is -2.36. The van der Waals surface area contributed by atoms with Gasteiger partial charge in [-0.25, -0.2) is 4.79 Å². The maximum atomic E-state index is 10.7.